The summed E-state index contributed by atoms with van der Waals surface area (Å²) in [6.07, 6.45) is 42.8. The Balaban J connectivity index is 0.00000381. The van der Waals surface area contributed by atoms with Gasteiger partial charge in [-0.25, -0.2) is 8.42 Å². The van der Waals surface area contributed by atoms with Crippen molar-refractivity contribution in [1.29, 1.82) is 0 Å². The Bertz CT molecular complexity index is 914. The zero-order valence-electron chi connectivity index (χ0n) is 34.3. The van der Waals surface area contributed by atoms with Crippen LogP contribution in [0, 0.1) is 5.92 Å². The van der Waals surface area contributed by atoms with E-state index in [1.54, 1.807) is 0 Å². The Labute approximate surface area is 317 Å². The number of hydrogen-bond donors (Lipinski definition) is 2. The van der Waals surface area contributed by atoms with Crippen LogP contribution in [0.15, 0.2) is 0 Å². The maximum atomic E-state index is 12.8. The van der Waals surface area contributed by atoms with Gasteiger partial charge in [0, 0.05) is 18.4 Å². The molecule has 1 heterocycles. The van der Waals surface area contributed by atoms with Crippen LogP contribution in [0.4, 0.5) is 0 Å². The molecule has 0 fully saturated rings. The highest BCUT2D eigenvalue weighted by molar-refractivity contribution is 7.80. The van der Waals surface area contributed by atoms with E-state index >= 15 is 0 Å². The first-order chi connectivity index (χ1) is 24.7. The summed E-state index contributed by atoms with van der Waals surface area (Å²) in [5.41, 5.74) is 0. The number of hydrogen-bond acceptors (Lipinski definition) is 6. The van der Waals surface area contributed by atoms with Crippen LogP contribution in [0.25, 0.3) is 0 Å². The van der Waals surface area contributed by atoms with Crippen LogP contribution in [0.5, 0.6) is 0 Å². The van der Waals surface area contributed by atoms with Gasteiger partial charge in [0.25, 0.3) is 0 Å². The van der Waals surface area contributed by atoms with Crippen LogP contribution in [0.1, 0.15) is 220 Å². The van der Waals surface area contributed by atoms with E-state index in [0.29, 0.717) is 18.4 Å². The highest BCUT2D eigenvalue weighted by Crippen LogP contribution is 2.21. The van der Waals surface area contributed by atoms with Crippen LogP contribution < -0.4 is 10.6 Å². The summed E-state index contributed by atoms with van der Waals surface area (Å²) in [5, 5.41) is 6.80. The van der Waals surface area contributed by atoms with E-state index in [9.17, 15) is 17.8 Å². The van der Waals surface area contributed by atoms with Crippen molar-refractivity contribution in [2.45, 2.75) is 232 Å². The quantitative estimate of drug-likeness (QED) is 0.0289. The number of nitrogens with one attached hydrogen (secondary N) is 2. The molecular weight excluding hydrogens is 659 g/mol. The molecule has 304 valence electrons. The van der Waals surface area contributed by atoms with Gasteiger partial charge in [-0.3, -0.25) is 18.9 Å². The van der Waals surface area contributed by atoms with Crippen molar-refractivity contribution in [2.24, 2.45) is 5.92 Å². The predicted octanol–water partition coefficient (Wildman–Crippen LogP) is 11.0. The Morgan fingerprint density at radius 3 is 1.37 bits per heavy atom. The maximum absolute atomic E-state index is 12.8. The third kappa shape index (κ3) is 33.1. The lowest BCUT2D eigenvalue weighted by atomic mass is 9.89. The monoisotopic (exact) mass is 744 g/mol. The molecule has 0 spiro atoms. The standard InChI is InChI=1S/C41H81N3O.CH4O4S/c1-5-7-9-11-13-15-17-19-20-22-24-26-28-30-32-34-41(45)43-39(4)38(3)40(44-36-35-42-37-44)33-31-29-27-25-23-21-18-16-14-12-10-8-6-2;1-5-6(2,3)4/h37-40H,5-36H2,1-4H3,(H,43,45);1H3,(H,2,3,4). The number of carbonyl (C=O) groups is 1. The zero-order valence-corrected chi connectivity index (χ0v) is 35.2. The van der Waals surface area contributed by atoms with Crippen molar-refractivity contribution in [2.75, 3.05) is 20.2 Å². The van der Waals surface area contributed by atoms with E-state index in [0.717, 1.165) is 26.6 Å². The third-order valence-corrected chi connectivity index (χ3v) is 11.2. The average molecular weight is 744 g/mol. The van der Waals surface area contributed by atoms with Gasteiger partial charge >= 0.3 is 0 Å². The van der Waals surface area contributed by atoms with E-state index in [4.69, 9.17) is 0 Å². The molecule has 0 saturated heterocycles. The van der Waals surface area contributed by atoms with Crippen molar-refractivity contribution in [3.63, 3.8) is 0 Å². The Kier molecular flexibility index (Phi) is 35.0. The number of carbonyl (C=O) groups excluding carboxylic acids is 1. The second kappa shape index (κ2) is 35.8. The van der Waals surface area contributed by atoms with E-state index < -0.39 is 10.4 Å². The molecule has 1 aliphatic rings. The first kappa shape index (κ1) is 49.8. The summed E-state index contributed by atoms with van der Waals surface area (Å²) < 4.78 is 33.5. The fourth-order valence-electron chi connectivity index (χ4n) is 7.25. The van der Waals surface area contributed by atoms with Crippen molar-refractivity contribution in [3.05, 3.63) is 0 Å². The van der Waals surface area contributed by atoms with E-state index in [2.05, 4.69) is 53.4 Å². The van der Waals surface area contributed by atoms with Crippen LogP contribution >= 0.6 is 0 Å². The van der Waals surface area contributed by atoms with Gasteiger partial charge in [0.15, 0.2) is 0 Å². The SMILES string of the molecule is CCCCCCCCCCCCCCCCCC(=O)NC(C)C(C)C(CCCCCCCCCCCCCCC)[N+]1=CNCC1.COS(=O)(=O)[O-]. The summed E-state index contributed by atoms with van der Waals surface area (Å²) in [6, 6.07) is 0.726. The van der Waals surface area contributed by atoms with Crippen LogP contribution in [-0.4, -0.2) is 62.1 Å². The van der Waals surface area contributed by atoms with Gasteiger partial charge < -0.3 is 9.87 Å². The molecule has 0 radical (unpaired) electrons. The summed E-state index contributed by atoms with van der Waals surface area (Å²) in [6.45, 7) is 11.3. The number of unbranched alkanes of at least 4 members (excludes halogenated alkanes) is 26. The van der Waals surface area contributed by atoms with Gasteiger partial charge in [0.2, 0.25) is 22.6 Å². The number of rotatable bonds is 35. The molecule has 0 aromatic heterocycles. The topological polar surface area (TPSA) is 111 Å². The lowest BCUT2D eigenvalue weighted by Crippen LogP contribution is -2.45. The van der Waals surface area contributed by atoms with Crippen LogP contribution in [0.3, 0.4) is 0 Å². The van der Waals surface area contributed by atoms with Gasteiger partial charge in [0.1, 0.15) is 19.1 Å². The first-order valence-electron chi connectivity index (χ1n) is 21.8. The summed E-state index contributed by atoms with van der Waals surface area (Å²) in [7, 11) is -3.60. The second-order valence-electron chi connectivity index (χ2n) is 15.4. The minimum Gasteiger partial charge on any atom is -0.726 e. The Morgan fingerprint density at radius 2 is 1.04 bits per heavy atom. The van der Waals surface area contributed by atoms with Crippen molar-refractivity contribution in [1.82, 2.24) is 10.6 Å². The predicted molar refractivity (Wildman–Crippen MR) is 216 cm³/mol. The smallest absolute Gasteiger partial charge is 0.232 e. The summed E-state index contributed by atoms with van der Waals surface area (Å²) in [4.78, 5) is 12.8. The van der Waals surface area contributed by atoms with E-state index in [1.165, 1.54) is 180 Å². The lowest BCUT2D eigenvalue weighted by molar-refractivity contribution is -0.563. The molecule has 8 nitrogen and oxygen atoms in total. The van der Waals surface area contributed by atoms with E-state index in [-0.39, 0.29) is 11.9 Å². The molecule has 9 heteroatoms. The molecule has 0 saturated carbocycles. The fraction of sp³-hybridized carbons (Fsp3) is 0.952. The number of nitrogens with zero attached hydrogens (tertiary/aromatic N) is 1. The zero-order chi connectivity index (χ0) is 37.8. The van der Waals surface area contributed by atoms with Gasteiger partial charge in [-0.05, 0) is 26.2 Å². The molecule has 2 N–H and O–H groups in total. The minimum absolute atomic E-state index is 0.217. The highest BCUT2D eigenvalue weighted by atomic mass is 32.3. The molecule has 0 aliphatic carbocycles. The van der Waals surface area contributed by atoms with Gasteiger partial charge in [-0.15, -0.1) is 0 Å². The molecule has 0 aromatic rings. The second-order valence-corrected chi connectivity index (χ2v) is 16.6. The van der Waals surface area contributed by atoms with Crippen LogP contribution in [-0.2, 0) is 19.4 Å². The van der Waals surface area contributed by atoms with Gasteiger partial charge in [-0.2, -0.15) is 0 Å². The summed E-state index contributed by atoms with van der Waals surface area (Å²) in [5.74, 6) is 0.704. The summed E-state index contributed by atoms with van der Waals surface area (Å²) >= 11 is 0. The van der Waals surface area contributed by atoms with E-state index in [1.807, 2.05) is 0 Å². The largest absolute Gasteiger partial charge is 0.726 e. The highest BCUT2D eigenvalue weighted by Gasteiger charge is 2.30. The maximum Gasteiger partial charge on any atom is 0.232 e. The lowest BCUT2D eigenvalue weighted by Gasteiger charge is -2.29. The van der Waals surface area contributed by atoms with Crippen molar-refractivity contribution < 1.29 is 26.5 Å². The van der Waals surface area contributed by atoms with Crippen LogP contribution in [0.2, 0.25) is 0 Å². The molecule has 0 aromatic carbocycles. The molecular formula is C42H85N3O5S. The number of amides is 1. The molecule has 0 bridgehead atoms. The molecule has 51 heavy (non-hydrogen) atoms. The normalized spacial score (nSPS) is 14.7. The molecule has 1 amide bonds. The third-order valence-electron chi connectivity index (χ3n) is 10.8. The average Bonchev–Trinajstić information content (AvgIpc) is 3.64. The molecule has 1 rings (SSSR count). The minimum atomic E-state index is -4.41. The van der Waals surface area contributed by atoms with Gasteiger partial charge in [-0.1, -0.05) is 188 Å². The molecule has 3 atom stereocenters. The molecule has 3 unspecified atom stereocenters. The first-order valence-corrected chi connectivity index (χ1v) is 23.1. The van der Waals surface area contributed by atoms with Gasteiger partial charge in [0.05, 0.1) is 7.11 Å². The Morgan fingerprint density at radius 1 is 0.686 bits per heavy atom. The van der Waals surface area contributed by atoms with Crippen molar-refractivity contribution in [3.8, 4) is 0 Å². The van der Waals surface area contributed by atoms with Crippen molar-refractivity contribution >= 4 is 22.6 Å². The Hall–Kier alpha value is -1.19. The molecule has 1 aliphatic heterocycles. The fourth-order valence-corrected chi connectivity index (χ4v) is 7.25.